The molecule has 108 valence electrons. The number of fused-ring (bicyclic) bond motifs is 1. The zero-order valence-electron chi connectivity index (χ0n) is 12.4. The zero-order chi connectivity index (χ0) is 14.3. The number of aromatic nitrogens is 2. The van der Waals surface area contributed by atoms with Crippen LogP contribution in [-0.4, -0.2) is 16.7 Å². The van der Waals surface area contributed by atoms with E-state index in [0.29, 0.717) is 11.5 Å². The Morgan fingerprint density at radius 1 is 1.30 bits per heavy atom. The lowest BCUT2D eigenvalue weighted by Gasteiger charge is -2.35. The summed E-state index contributed by atoms with van der Waals surface area (Å²) < 4.78 is 8.47. The molecule has 2 aromatic rings. The van der Waals surface area contributed by atoms with Gasteiger partial charge in [0.2, 0.25) is 0 Å². The minimum atomic E-state index is 0.475. The second kappa shape index (κ2) is 4.92. The van der Waals surface area contributed by atoms with Crippen LogP contribution < -0.4 is 4.74 Å². The molecule has 1 N–H and O–H groups in total. The van der Waals surface area contributed by atoms with E-state index in [9.17, 15) is 0 Å². The summed E-state index contributed by atoms with van der Waals surface area (Å²) in [6.45, 7) is 4.72. The van der Waals surface area contributed by atoms with E-state index >= 15 is 0 Å². The van der Waals surface area contributed by atoms with Crippen molar-refractivity contribution in [2.75, 3.05) is 7.11 Å². The molecule has 1 aliphatic rings. The van der Waals surface area contributed by atoms with Gasteiger partial charge in [-0.1, -0.05) is 13.8 Å². The molecule has 1 aromatic heterocycles. The number of rotatable bonds is 2. The van der Waals surface area contributed by atoms with Gasteiger partial charge < -0.3 is 14.3 Å². The summed E-state index contributed by atoms with van der Waals surface area (Å²) in [4.78, 5) is 3.32. The first-order valence-electron chi connectivity index (χ1n) is 7.28. The standard InChI is InChI=1S/C16H22N2OS/c1-16(2)8-6-11(7-9-16)18-14-10-12(19-3)4-5-13(14)17-15(18)20/h4-5,10-11H,6-9H2,1-3H3,(H,17,20). The van der Waals surface area contributed by atoms with Crippen LogP contribution in [0.15, 0.2) is 18.2 Å². The number of H-pyrrole nitrogens is 1. The van der Waals surface area contributed by atoms with Gasteiger partial charge in [-0.25, -0.2) is 0 Å². The first-order chi connectivity index (χ1) is 9.50. The normalized spacial score (nSPS) is 19.4. The highest BCUT2D eigenvalue weighted by Gasteiger charge is 2.28. The largest absolute Gasteiger partial charge is 0.497 e. The van der Waals surface area contributed by atoms with E-state index < -0.39 is 0 Å². The molecule has 1 heterocycles. The van der Waals surface area contributed by atoms with Crippen LogP contribution in [0.1, 0.15) is 45.6 Å². The number of imidazole rings is 1. The van der Waals surface area contributed by atoms with E-state index in [1.54, 1.807) is 7.11 Å². The maximum absolute atomic E-state index is 5.54. The number of ether oxygens (including phenoxy) is 1. The van der Waals surface area contributed by atoms with Gasteiger partial charge in [0.15, 0.2) is 4.77 Å². The molecule has 3 nitrogen and oxygen atoms in total. The molecule has 0 aliphatic heterocycles. The summed E-state index contributed by atoms with van der Waals surface area (Å²) in [5.74, 6) is 0.886. The molecule has 0 saturated heterocycles. The van der Waals surface area contributed by atoms with Crippen molar-refractivity contribution in [1.29, 1.82) is 0 Å². The maximum Gasteiger partial charge on any atom is 0.178 e. The van der Waals surface area contributed by atoms with Crippen molar-refractivity contribution in [1.82, 2.24) is 9.55 Å². The van der Waals surface area contributed by atoms with Gasteiger partial charge in [0, 0.05) is 12.1 Å². The Bertz CT molecular complexity index is 673. The molecular formula is C16H22N2OS. The van der Waals surface area contributed by atoms with Gasteiger partial charge in [0.25, 0.3) is 0 Å². The third-order valence-corrected chi connectivity index (χ3v) is 4.90. The number of aromatic amines is 1. The third-order valence-electron chi connectivity index (χ3n) is 4.60. The minimum Gasteiger partial charge on any atom is -0.497 e. The number of nitrogens with one attached hydrogen (secondary N) is 1. The van der Waals surface area contributed by atoms with E-state index in [0.717, 1.165) is 16.0 Å². The van der Waals surface area contributed by atoms with E-state index in [2.05, 4.69) is 29.5 Å². The van der Waals surface area contributed by atoms with E-state index in [1.165, 1.54) is 31.2 Å². The van der Waals surface area contributed by atoms with Crippen molar-refractivity contribution >= 4 is 23.3 Å². The summed E-state index contributed by atoms with van der Waals surface area (Å²) >= 11 is 5.54. The fraction of sp³-hybridized carbons (Fsp3) is 0.562. The van der Waals surface area contributed by atoms with Crippen LogP contribution in [0.25, 0.3) is 11.0 Å². The van der Waals surface area contributed by atoms with E-state index in [1.807, 2.05) is 12.1 Å². The third kappa shape index (κ3) is 2.37. The summed E-state index contributed by atoms with van der Waals surface area (Å²) in [7, 11) is 1.70. The SMILES string of the molecule is COc1ccc2[nH]c(=S)n(C3CCC(C)(C)CC3)c2c1. The van der Waals surface area contributed by atoms with E-state index in [-0.39, 0.29) is 0 Å². The Morgan fingerprint density at radius 2 is 2.00 bits per heavy atom. The van der Waals surface area contributed by atoms with Gasteiger partial charge in [-0.3, -0.25) is 0 Å². The Kier molecular flexibility index (Phi) is 3.36. The quantitative estimate of drug-likeness (QED) is 0.801. The van der Waals surface area contributed by atoms with Gasteiger partial charge in [-0.2, -0.15) is 0 Å². The molecule has 0 spiro atoms. The second-order valence-electron chi connectivity index (χ2n) is 6.58. The second-order valence-corrected chi connectivity index (χ2v) is 6.97. The molecule has 4 heteroatoms. The molecule has 3 rings (SSSR count). The van der Waals surface area contributed by atoms with Crippen molar-refractivity contribution in [3.63, 3.8) is 0 Å². The Hall–Kier alpha value is -1.29. The molecule has 1 fully saturated rings. The van der Waals surface area contributed by atoms with Crippen LogP contribution in [-0.2, 0) is 0 Å². The minimum absolute atomic E-state index is 0.475. The smallest absolute Gasteiger partial charge is 0.178 e. The Labute approximate surface area is 125 Å². The highest BCUT2D eigenvalue weighted by molar-refractivity contribution is 7.71. The Morgan fingerprint density at radius 3 is 2.65 bits per heavy atom. The lowest BCUT2D eigenvalue weighted by atomic mass is 9.75. The molecule has 0 atom stereocenters. The number of hydrogen-bond acceptors (Lipinski definition) is 2. The van der Waals surface area contributed by atoms with Crippen LogP contribution in [0.5, 0.6) is 5.75 Å². The molecule has 1 aliphatic carbocycles. The van der Waals surface area contributed by atoms with Crippen LogP contribution >= 0.6 is 12.2 Å². The number of hydrogen-bond donors (Lipinski definition) is 1. The molecule has 0 radical (unpaired) electrons. The fourth-order valence-electron chi connectivity index (χ4n) is 3.23. The predicted molar refractivity (Wildman–Crippen MR) is 85.0 cm³/mol. The van der Waals surface area contributed by atoms with Crippen molar-refractivity contribution in [2.45, 2.75) is 45.6 Å². The molecule has 0 amide bonds. The molecule has 1 aromatic carbocycles. The molecule has 20 heavy (non-hydrogen) atoms. The monoisotopic (exact) mass is 290 g/mol. The van der Waals surface area contributed by atoms with Gasteiger partial charge in [0.05, 0.1) is 18.1 Å². The van der Waals surface area contributed by atoms with Gasteiger partial charge >= 0.3 is 0 Å². The molecule has 0 unspecified atom stereocenters. The lowest BCUT2D eigenvalue weighted by Crippen LogP contribution is -2.23. The number of nitrogens with zero attached hydrogens (tertiary/aromatic N) is 1. The van der Waals surface area contributed by atoms with Crippen molar-refractivity contribution in [3.8, 4) is 5.75 Å². The van der Waals surface area contributed by atoms with Crippen LogP contribution in [0, 0.1) is 10.2 Å². The Balaban J connectivity index is 2.02. The fourth-order valence-corrected chi connectivity index (χ4v) is 3.59. The highest BCUT2D eigenvalue weighted by Crippen LogP contribution is 2.41. The number of methoxy groups -OCH3 is 1. The lowest BCUT2D eigenvalue weighted by molar-refractivity contribution is 0.195. The summed E-state index contributed by atoms with van der Waals surface area (Å²) in [6.07, 6.45) is 4.92. The number of benzene rings is 1. The van der Waals surface area contributed by atoms with E-state index in [4.69, 9.17) is 17.0 Å². The van der Waals surface area contributed by atoms with Crippen molar-refractivity contribution < 1.29 is 4.74 Å². The zero-order valence-corrected chi connectivity index (χ0v) is 13.2. The van der Waals surface area contributed by atoms with Crippen molar-refractivity contribution in [2.24, 2.45) is 5.41 Å². The topological polar surface area (TPSA) is 29.9 Å². The first kappa shape index (κ1) is 13.7. The van der Waals surface area contributed by atoms with Crippen LogP contribution in [0.2, 0.25) is 0 Å². The first-order valence-corrected chi connectivity index (χ1v) is 7.69. The molecular weight excluding hydrogens is 268 g/mol. The predicted octanol–water partition coefficient (Wildman–Crippen LogP) is 4.85. The average Bonchev–Trinajstić information content (AvgIpc) is 2.74. The summed E-state index contributed by atoms with van der Waals surface area (Å²) in [6, 6.07) is 6.62. The van der Waals surface area contributed by atoms with Crippen LogP contribution in [0.4, 0.5) is 0 Å². The average molecular weight is 290 g/mol. The maximum atomic E-state index is 5.54. The van der Waals surface area contributed by atoms with Crippen LogP contribution in [0.3, 0.4) is 0 Å². The van der Waals surface area contributed by atoms with Gasteiger partial charge in [0.1, 0.15) is 5.75 Å². The summed E-state index contributed by atoms with van der Waals surface area (Å²) in [5.41, 5.74) is 2.74. The molecule has 0 bridgehead atoms. The van der Waals surface area contributed by atoms with Gasteiger partial charge in [-0.05, 0) is 55.4 Å². The highest BCUT2D eigenvalue weighted by atomic mass is 32.1. The summed E-state index contributed by atoms with van der Waals surface area (Å²) in [5, 5.41) is 0. The van der Waals surface area contributed by atoms with Crippen molar-refractivity contribution in [3.05, 3.63) is 23.0 Å². The molecule has 1 saturated carbocycles. The van der Waals surface area contributed by atoms with Gasteiger partial charge in [-0.15, -0.1) is 0 Å².